The Bertz CT molecular complexity index is 1490. The van der Waals surface area contributed by atoms with E-state index in [9.17, 15) is 23.4 Å². The highest BCUT2D eigenvalue weighted by Crippen LogP contribution is 2.51. The topological polar surface area (TPSA) is 134 Å². The van der Waals surface area contributed by atoms with E-state index in [4.69, 9.17) is 9.47 Å². The monoisotopic (exact) mass is 542 g/mol. The fourth-order valence-electron chi connectivity index (χ4n) is 4.47. The van der Waals surface area contributed by atoms with Crippen molar-refractivity contribution in [3.05, 3.63) is 71.8 Å². The maximum atomic E-state index is 13.4. The number of rotatable bonds is 9. The van der Waals surface area contributed by atoms with Crippen molar-refractivity contribution in [3.8, 4) is 22.6 Å². The zero-order chi connectivity index (χ0) is 27.1. The van der Waals surface area contributed by atoms with Gasteiger partial charge in [-0.05, 0) is 79.3 Å². The molecule has 1 aliphatic carbocycles. The van der Waals surface area contributed by atoms with Gasteiger partial charge >= 0.3 is 0 Å². The number of amides is 1. The number of carbonyl (C=O) groups excluding carboxylic acids is 1. The first-order valence-electron chi connectivity index (χ1n) is 12.3. The summed E-state index contributed by atoms with van der Waals surface area (Å²) in [5.74, 6) is 1.25. The molecule has 4 N–H and O–H groups in total. The molecule has 204 valence electrons. The number of benzene rings is 3. The Morgan fingerprint density at radius 2 is 1.63 bits per heavy atom. The van der Waals surface area contributed by atoms with E-state index in [1.807, 2.05) is 43.3 Å². The van der Waals surface area contributed by atoms with Crippen LogP contribution in [0.1, 0.15) is 33.7 Å². The van der Waals surface area contributed by atoms with Crippen molar-refractivity contribution in [3.63, 3.8) is 0 Å². The molecule has 0 aromatic heterocycles. The highest BCUT2D eigenvalue weighted by Gasteiger charge is 2.51. The Labute approximate surface area is 224 Å². The Morgan fingerprint density at radius 3 is 2.29 bits per heavy atom. The number of hydrogen-bond acceptors (Lipinski definition) is 7. The van der Waals surface area contributed by atoms with Crippen LogP contribution in [0.4, 0.5) is 5.69 Å². The Balaban J connectivity index is 0.00000220. The third-order valence-corrected chi connectivity index (χ3v) is 8.83. The minimum Gasteiger partial charge on any atom is -0.454 e. The number of aliphatic hydroxyl groups excluding tert-OH is 2. The van der Waals surface area contributed by atoms with Gasteiger partial charge in [0.05, 0.1) is 29.1 Å². The first-order chi connectivity index (χ1) is 18.1. The normalized spacial score (nSPS) is 15.8. The second kappa shape index (κ2) is 9.70. The van der Waals surface area contributed by atoms with E-state index in [2.05, 4.69) is 10.0 Å². The molecule has 0 spiro atoms. The molecule has 1 saturated carbocycles. The number of fused-ring (bicyclic) bond motifs is 1. The fraction of sp³-hybridized carbons (Fsp3) is 0.321. The summed E-state index contributed by atoms with van der Waals surface area (Å²) in [5.41, 5.74) is 2.08. The molecule has 38 heavy (non-hydrogen) atoms. The molecule has 3 aromatic carbocycles. The van der Waals surface area contributed by atoms with Gasteiger partial charge in [0.2, 0.25) is 22.7 Å². The lowest BCUT2D eigenvalue weighted by molar-refractivity contribution is -0.118. The summed E-state index contributed by atoms with van der Waals surface area (Å²) in [6.07, 6.45) is 1.49. The van der Waals surface area contributed by atoms with Crippen LogP contribution in [0.25, 0.3) is 11.1 Å². The smallest absolute Gasteiger partial charge is 0.241 e. The van der Waals surface area contributed by atoms with E-state index in [0.29, 0.717) is 17.2 Å². The molecule has 1 aliphatic heterocycles. The van der Waals surface area contributed by atoms with Crippen molar-refractivity contribution in [2.24, 2.45) is 0 Å². The van der Waals surface area contributed by atoms with Gasteiger partial charge < -0.3 is 25.0 Å². The van der Waals surface area contributed by atoms with E-state index < -0.39 is 34.2 Å². The van der Waals surface area contributed by atoms with Gasteiger partial charge in [-0.2, -0.15) is 0 Å². The number of ether oxygens (including phenoxy) is 2. The first-order valence-corrected chi connectivity index (χ1v) is 13.8. The van der Waals surface area contributed by atoms with Crippen LogP contribution in [0.3, 0.4) is 0 Å². The van der Waals surface area contributed by atoms with Crippen molar-refractivity contribution in [1.29, 1.82) is 0 Å². The molecule has 3 aromatic rings. The lowest BCUT2D eigenvalue weighted by Crippen LogP contribution is -2.51. The van der Waals surface area contributed by atoms with Crippen LogP contribution in [0, 0.1) is 6.92 Å². The van der Waals surface area contributed by atoms with Crippen LogP contribution < -0.4 is 19.5 Å². The molecular weight excluding hydrogens is 508 g/mol. The second-order valence-electron chi connectivity index (χ2n) is 10.1. The number of aliphatic hydroxyl groups is 2. The van der Waals surface area contributed by atoms with E-state index in [-0.39, 0.29) is 20.4 Å². The fourth-order valence-corrected chi connectivity index (χ4v) is 5.86. The van der Waals surface area contributed by atoms with Crippen LogP contribution in [0.2, 0.25) is 0 Å². The first kappa shape index (κ1) is 26.2. The third-order valence-electron chi connectivity index (χ3n) is 7.17. The van der Waals surface area contributed by atoms with Crippen LogP contribution in [-0.2, 0) is 20.2 Å². The predicted molar refractivity (Wildman–Crippen MR) is 146 cm³/mol. The molecule has 1 amide bonds. The quantitative estimate of drug-likeness (QED) is 0.325. The minimum absolute atomic E-state index is 0. The number of carbonyl (C=O) groups is 1. The number of aryl methyl sites for hydroxylation is 1. The molecule has 0 atom stereocenters. The number of anilines is 1. The summed E-state index contributed by atoms with van der Waals surface area (Å²) in [7, 11) is -3.96. The van der Waals surface area contributed by atoms with E-state index in [0.717, 1.165) is 35.1 Å². The molecule has 9 nitrogen and oxygen atoms in total. The molecule has 10 heteroatoms. The summed E-state index contributed by atoms with van der Waals surface area (Å²) < 4.78 is 38.7. The number of nitrogens with one attached hydrogen (secondary N) is 2. The van der Waals surface area contributed by atoms with Gasteiger partial charge in [-0.15, -0.1) is 0 Å². The Kier molecular flexibility index (Phi) is 6.68. The average Bonchev–Trinajstić information content (AvgIpc) is 3.60. The summed E-state index contributed by atoms with van der Waals surface area (Å²) >= 11 is 0. The zero-order valence-electron chi connectivity index (χ0n) is 21.2. The van der Waals surface area contributed by atoms with Crippen LogP contribution in [-0.4, -0.2) is 50.1 Å². The molecular formula is C28H34N2O7S. The van der Waals surface area contributed by atoms with Crippen LogP contribution in [0.5, 0.6) is 11.5 Å². The summed E-state index contributed by atoms with van der Waals surface area (Å²) in [6, 6.07) is 17.6. The molecule has 1 fully saturated rings. The van der Waals surface area contributed by atoms with E-state index in [1.54, 1.807) is 12.1 Å². The van der Waals surface area contributed by atoms with Gasteiger partial charge in [-0.1, -0.05) is 30.3 Å². The summed E-state index contributed by atoms with van der Waals surface area (Å²) in [6.45, 7) is 2.42. The van der Waals surface area contributed by atoms with Gasteiger partial charge in [0.1, 0.15) is 0 Å². The number of hydrogen-bond donors (Lipinski definition) is 4. The predicted octanol–water partition coefficient (Wildman–Crippen LogP) is 3.57. The lowest BCUT2D eigenvalue weighted by Gasteiger charge is -2.25. The van der Waals surface area contributed by atoms with Gasteiger partial charge in [0.25, 0.3) is 0 Å². The van der Waals surface area contributed by atoms with Crippen molar-refractivity contribution < 1.29 is 35.8 Å². The molecule has 5 rings (SSSR count). The maximum absolute atomic E-state index is 13.4. The molecule has 0 bridgehead atoms. The largest absolute Gasteiger partial charge is 0.454 e. The van der Waals surface area contributed by atoms with Gasteiger partial charge in [-0.25, -0.2) is 13.1 Å². The molecule has 0 unspecified atom stereocenters. The molecule has 2 aliphatic rings. The summed E-state index contributed by atoms with van der Waals surface area (Å²) in [5, 5.41) is 22.0. The SMILES string of the molecule is Cc1ccc(-c2ccc(S(=O)(=O)NC(C)(CO)CO)cc2)cc1NC(=O)C1(c2ccc3c(c2)OCO3)CC1.[HH].[HH]. The van der Waals surface area contributed by atoms with Gasteiger partial charge in [-0.3, -0.25) is 4.79 Å². The second-order valence-corrected chi connectivity index (χ2v) is 11.8. The standard InChI is InChI=1S/C28H30N2O7S.2H2/c1-18-3-4-20(19-5-8-22(9-6-19)38(34,35)30-27(2,15-31)16-32)13-23(18)29-26(33)28(11-12-28)21-7-10-24-25(14-21)37-17-36-24;;/h3-10,13-14,30-32H,11-12,15-17H2,1-2H3,(H,29,33);2*1H. The highest BCUT2D eigenvalue weighted by molar-refractivity contribution is 7.89. The number of sulfonamides is 1. The lowest BCUT2D eigenvalue weighted by atomic mass is 9.94. The van der Waals surface area contributed by atoms with Crippen molar-refractivity contribution in [2.45, 2.75) is 42.5 Å². The van der Waals surface area contributed by atoms with Crippen LogP contribution in [0.15, 0.2) is 65.6 Å². The molecule has 1 heterocycles. The highest BCUT2D eigenvalue weighted by atomic mass is 32.2. The van der Waals surface area contributed by atoms with Crippen LogP contribution >= 0.6 is 0 Å². The van der Waals surface area contributed by atoms with Crippen molar-refractivity contribution >= 4 is 21.6 Å². The summed E-state index contributed by atoms with van der Waals surface area (Å²) in [4.78, 5) is 13.4. The Hall–Kier alpha value is -3.44. The van der Waals surface area contributed by atoms with Crippen molar-refractivity contribution in [1.82, 2.24) is 4.72 Å². The average molecular weight is 543 g/mol. The molecule has 0 radical (unpaired) electrons. The van der Waals surface area contributed by atoms with Gasteiger partial charge in [0, 0.05) is 8.54 Å². The minimum atomic E-state index is -3.96. The van der Waals surface area contributed by atoms with E-state index in [1.165, 1.54) is 19.1 Å². The zero-order valence-corrected chi connectivity index (χ0v) is 22.0. The third kappa shape index (κ3) is 4.88. The van der Waals surface area contributed by atoms with E-state index >= 15 is 0 Å². The maximum Gasteiger partial charge on any atom is 0.241 e. The Morgan fingerprint density at radius 1 is 0.974 bits per heavy atom. The molecule has 0 saturated heterocycles. The van der Waals surface area contributed by atoms with Crippen molar-refractivity contribution in [2.75, 3.05) is 25.3 Å². The van der Waals surface area contributed by atoms with Gasteiger partial charge in [0.15, 0.2) is 11.5 Å².